The lowest BCUT2D eigenvalue weighted by molar-refractivity contribution is -0.132. The largest absolute Gasteiger partial charge is 0.453 e. The highest BCUT2D eigenvalue weighted by molar-refractivity contribution is 5.40. The third-order valence-corrected chi connectivity index (χ3v) is 2.65. The Morgan fingerprint density at radius 2 is 2.00 bits per heavy atom. The Balaban J connectivity index is 2.32. The van der Waals surface area contributed by atoms with Crippen LogP contribution in [0.3, 0.4) is 0 Å². The lowest BCUT2D eigenvalue weighted by atomic mass is 10.1. The summed E-state index contributed by atoms with van der Waals surface area (Å²) in [6.45, 7) is 2.45. The molecule has 0 spiro atoms. The standard InChI is InChI=1S/C14H14N2O2/c1-2-12-8-16-13(9-15-12)14(18-10-17)11-6-4-3-5-7-11/h3-10,14H,2H2,1H3. The summed E-state index contributed by atoms with van der Waals surface area (Å²) in [6, 6.07) is 9.48. The van der Waals surface area contributed by atoms with Gasteiger partial charge in [-0.2, -0.15) is 0 Å². The molecular weight excluding hydrogens is 228 g/mol. The van der Waals surface area contributed by atoms with E-state index in [2.05, 4.69) is 9.97 Å². The topological polar surface area (TPSA) is 52.1 Å². The van der Waals surface area contributed by atoms with E-state index in [4.69, 9.17) is 4.74 Å². The molecule has 0 radical (unpaired) electrons. The molecule has 1 aromatic carbocycles. The summed E-state index contributed by atoms with van der Waals surface area (Å²) < 4.78 is 5.10. The van der Waals surface area contributed by atoms with Gasteiger partial charge in [0.1, 0.15) is 5.69 Å². The van der Waals surface area contributed by atoms with Gasteiger partial charge in [-0.1, -0.05) is 37.3 Å². The molecule has 92 valence electrons. The molecule has 0 saturated carbocycles. The van der Waals surface area contributed by atoms with Gasteiger partial charge in [0.2, 0.25) is 0 Å². The molecule has 4 nitrogen and oxygen atoms in total. The first kappa shape index (κ1) is 12.2. The van der Waals surface area contributed by atoms with Gasteiger partial charge in [-0.25, -0.2) is 0 Å². The number of aryl methyl sites for hydroxylation is 1. The van der Waals surface area contributed by atoms with E-state index < -0.39 is 6.10 Å². The van der Waals surface area contributed by atoms with Gasteiger partial charge in [0.25, 0.3) is 6.47 Å². The second-order valence-electron chi connectivity index (χ2n) is 3.81. The molecular formula is C14H14N2O2. The zero-order valence-electron chi connectivity index (χ0n) is 10.1. The van der Waals surface area contributed by atoms with Crippen molar-refractivity contribution in [3.63, 3.8) is 0 Å². The van der Waals surface area contributed by atoms with Gasteiger partial charge in [-0.15, -0.1) is 0 Å². The van der Waals surface area contributed by atoms with Crippen molar-refractivity contribution in [2.24, 2.45) is 0 Å². The third-order valence-electron chi connectivity index (χ3n) is 2.65. The average molecular weight is 242 g/mol. The summed E-state index contributed by atoms with van der Waals surface area (Å²) >= 11 is 0. The molecule has 1 aromatic heterocycles. The molecule has 0 aliphatic rings. The maximum absolute atomic E-state index is 10.6. The van der Waals surface area contributed by atoms with Crippen molar-refractivity contribution in [3.05, 3.63) is 59.7 Å². The van der Waals surface area contributed by atoms with Crippen molar-refractivity contribution in [2.75, 3.05) is 0 Å². The van der Waals surface area contributed by atoms with E-state index in [1.54, 1.807) is 12.4 Å². The molecule has 1 atom stereocenters. The van der Waals surface area contributed by atoms with Crippen LogP contribution in [0.4, 0.5) is 0 Å². The van der Waals surface area contributed by atoms with Crippen LogP contribution in [0.15, 0.2) is 42.7 Å². The molecule has 0 aliphatic carbocycles. The van der Waals surface area contributed by atoms with Crippen molar-refractivity contribution in [2.45, 2.75) is 19.4 Å². The lowest BCUT2D eigenvalue weighted by Gasteiger charge is -2.14. The molecule has 1 heterocycles. The maximum Gasteiger partial charge on any atom is 0.294 e. The first-order valence-corrected chi connectivity index (χ1v) is 5.80. The zero-order valence-corrected chi connectivity index (χ0v) is 10.1. The predicted molar refractivity (Wildman–Crippen MR) is 66.8 cm³/mol. The Bertz CT molecular complexity index is 497. The number of carbonyl (C=O) groups excluding carboxylic acids is 1. The van der Waals surface area contributed by atoms with Gasteiger partial charge < -0.3 is 4.74 Å². The van der Waals surface area contributed by atoms with Gasteiger partial charge in [-0.05, 0) is 12.0 Å². The molecule has 0 saturated heterocycles. The van der Waals surface area contributed by atoms with Crippen molar-refractivity contribution in [1.29, 1.82) is 0 Å². The Kier molecular flexibility index (Phi) is 4.02. The number of carbonyl (C=O) groups is 1. The van der Waals surface area contributed by atoms with Crippen molar-refractivity contribution < 1.29 is 9.53 Å². The first-order valence-electron chi connectivity index (χ1n) is 5.80. The molecule has 4 heteroatoms. The van der Waals surface area contributed by atoms with Crippen LogP contribution in [-0.2, 0) is 16.0 Å². The van der Waals surface area contributed by atoms with Crippen LogP contribution in [0.1, 0.15) is 30.0 Å². The van der Waals surface area contributed by atoms with E-state index in [1.807, 2.05) is 37.3 Å². The molecule has 0 fully saturated rings. The van der Waals surface area contributed by atoms with Gasteiger partial charge >= 0.3 is 0 Å². The molecule has 0 N–H and O–H groups in total. The van der Waals surface area contributed by atoms with Gasteiger partial charge in [0.05, 0.1) is 11.9 Å². The Morgan fingerprint density at radius 1 is 1.22 bits per heavy atom. The van der Waals surface area contributed by atoms with Crippen LogP contribution in [-0.4, -0.2) is 16.4 Å². The van der Waals surface area contributed by atoms with Gasteiger partial charge in [0, 0.05) is 6.20 Å². The maximum atomic E-state index is 10.6. The number of aromatic nitrogens is 2. The quantitative estimate of drug-likeness (QED) is 0.755. The van der Waals surface area contributed by atoms with Crippen LogP contribution in [0.25, 0.3) is 0 Å². The smallest absolute Gasteiger partial charge is 0.294 e. The number of ether oxygens (including phenoxy) is 1. The minimum absolute atomic E-state index is 0.438. The molecule has 0 amide bonds. The van der Waals surface area contributed by atoms with E-state index in [1.165, 1.54) is 0 Å². The normalized spacial score (nSPS) is 11.8. The Morgan fingerprint density at radius 3 is 2.56 bits per heavy atom. The summed E-state index contributed by atoms with van der Waals surface area (Å²) in [5.74, 6) is 0. The van der Waals surface area contributed by atoms with Crippen LogP contribution in [0, 0.1) is 0 Å². The Labute approximate surface area is 106 Å². The Hall–Kier alpha value is -2.23. The van der Waals surface area contributed by atoms with Crippen LogP contribution >= 0.6 is 0 Å². The molecule has 1 unspecified atom stereocenters. The van der Waals surface area contributed by atoms with Crippen molar-refractivity contribution in [1.82, 2.24) is 9.97 Å². The summed E-state index contributed by atoms with van der Waals surface area (Å²) in [7, 11) is 0. The third kappa shape index (κ3) is 2.71. The minimum atomic E-state index is -0.498. The predicted octanol–water partition coefficient (Wildman–Crippen LogP) is 2.30. The van der Waals surface area contributed by atoms with Gasteiger partial charge in [0.15, 0.2) is 6.10 Å². The number of hydrogen-bond donors (Lipinski definition) is 0. The monoisotopic (exact) mass is 242 g/mol. The van der Waals surface area contributed by atoms with E-state index in [-0.39, 0.29) is 0 Å². The molecule has 18 heavy (non-hydrogen) atoms. The highest BCUT2D eigenvalue weighted by atomic mass is 16.5. The molecule has 0 bridgehead atoms. The molecule has 0 aliphatic heterocycles. The van der Waals surface area contributed by atoms with E-state index in [0.717, 1.165) is 17.7 Å². The highest BCUT2D eigenvalue weighted by Crippen LogP contribution is 2.22. The van der Waals surface area contributed by atoms with Crippen LogP contribution in [0.5, 0.6) is 0 Å². The second kappa shape index (κ2) is 5.91. The fourth-order valence-electron chi connectivity index (χ4n) is 1.69. The average Bonchev–Trinajstić information content (AvgIpc) is 2.46. The van der Waals surface area contributed by atoms with Crippen LogP contribution < -0.4 is 0 Å². The van der Waals surface area contributed by atoms with Gasteiger partial charge in [-0.3, -0.25) is 14.8 Å². The SMILES string of the molecule is CCc1cnc(C(OC=O)c2ccccc2)cn1. The summed E-state index contributed by atoms with van der Waals surface area (Å²) in [5, 5.41) is 0. The number of rotatable bonds is 5. The summed E-state index contributed by atoms with van der Waals surface area (Å²) in [4.78, 5) is 19.2. The summed E-state index contributed by atoms with van der Waals surface area (Å²) in [5.41, 5.74) is 2.42. The van der Waals surface area contributed by atoms with Crippen LogP contribution in [0.2, 0.25) is 0 Å². The lowest BCUT2D eigenvalue weighted by Crippen LogP contribution is -2.08. The fraction of sp³-hybridized carbons (Fsp3) is 0.214. The summed E-state index contributed by atoms with van der Waals surface area (Å²) in [6.07, 6.45) is 3.69. The number of benzene rings is 1. The number of nitrogens with zero attached hydrogens (tertiary/aromatic N) is 2. The van der Waals surface area contributed by atoms with Crippen molar-refractivity contribution in [3.8, 4) is 0 Å². The van der Waals surface area contributed by atoms with E-state index in [9.17, 15) is 4.79 Å². The van der Waals surface area contributed by atoms with Crippen molar-refractivity contribution >= 4 is 6.47 Å². The number of hydrogen-bond acceptors (Lipinski definition) is 4. The second-order valence-corrected chi connectivity index (χ2v) is 3.81. The highest BCUT2D eigenvalue weighted by Gasteiger charge is 2.16. The van der Waals surface area contributed by atoms with E-state index in [0.29, 0.717) is 12.2 Å². The first-order chi connectivity index (χ1) is 8.85. The molecule has 2 aromatic rings. The minimum Gasteiger partial charge on any atom is -0.453 e. The molecule has 2 rings (SSSR count). The van der Waals surface area contributed by atoms with E-state index >= 15 is 0 Å². The zero-order chi connectivity index (χ0) is 12.8. The fourth-order valence-corrected chi connectivity index (χ4v) is 1.69.